The molecule has 76 valence electrons. The van der Waals surface area contributed by atoms with Crippen LogP contribution in [0.1, 0.15) is 18.4 Å². The molecule has 1 N–H and O–H groups in total. The van der Waals surface area contributed by atoms with Crippen molar-refractivity contribution in [2.45, 2.75) is 24.9 Å². The number of fused-ring (bicyclic) bond motifs is 1. The highest BCUT2D eigenvalue weighted by Gasteiger charge is 2.39. The van der Waals surface area contributed by atoms with E-state index in [1.807, 2.05) is 12.3 Å². The van der Waals surface area contributed by atoms with Crippen LogP contribution in [0.25, 0.3) is 10.8 Å². The third kappa shape index (κ3) is 1.73. The number of benzene rings is 1. The van der Waals surface area contributed by atoms with Crippen LogP contribution in [0.4, 0.5) is 0 Å². The lowest BCUT2D eigenvalue weighted by molar-refractivity contribution is 0.151. The van der Waals surface area contributed by atoms with Crippen molar-refractivity contribution >= 4 is 10.8 Å². The lowest BCUT2D eigenvalue weighted by Crippen LogP contribution is -2.10. The first kappa shape index (κ1) is 8.86. The molecule has 1 heterocycles. The Morgan fingerprint density at radius 2 is 2.07 bits per heavy atom. The topological polar surface area (TPSA) is 33.1 Å². The van der Waals surface area contributed by atoms with Crippen molar-refractivity contribution in [3.05, 3.63) is 42.2 Å². The Kier molecular flexibility index (Phi) is 1.80. The summed E-state index contributed by atoms with van der Waals surface area (Å²) in [6, 6.07) is 8.31. The summed E-state index contributed by atoms with van der Waals surface area (Å²) in [6.45, 7) is 0. The van der Waals surface area contributed by atoms with Crippen molar-refractivity contribution in [3.8, 4) is 0 Å². The van der Waals surface area contributed by atoms with Crippen LogP contribution >= 0.6 is 0 Å². The molecule has 1 fully saturated rings. The van der Waals surface area contributed by atoms with Gasteiger partial charge in [-0.1, -0.05) is 18.2 Å². The lowest BCUT2D eigenvalue weighted by Gasteiger charge is -2.08. The van der Waals surface area contributed by atoms with Crippen molar-refractivity contribution in [3.63, 3.8) is 0 Å². The molecule has 2 aromatic rings. The molecule has 1 aromatic heterocycles. The summed E-state index contributed by atoms with van der Waals surface area (Å²) >= 11 is 0. The van der Waals surface area contributed by atoms with Gasteiger partial charge in [-0.05, 0) is 29.9 Å². The molecule has 0 unspecified atom stereocenters. The van der Waals surface area contributed by atoms with Crippen LogP contribution in [0.15, 0.2) is 36.7 Å². The van der Waals surface area contributed by atoms with E-state index in [0.29, 0.717) is 0 Å². The highest BCUT2D eigenvalue weighted by Crippen LogP contribution is 2.38. The second-order valence-corrected chi connectivity index (χ2v) is 4.46. The van der Waals surface area contributed by atoms with Gasteiger partial charge in [0.1, 0.15) is 0 Å². The molecule has 0 saturated heterocycles. The van der Waals surface area contributed by atoms with E-state index in [4.69, 9.17) is 0 Å². The van der Waals surface area contributed by atoms with Crippen LogP contribution in [0.3, 0.4) is 0 Å². The third-order valence-electron chi connectivity index (χ3n) is 3.07. The molecule has 2 nitrogen and oxygen atoms in total. The van der Waals surface area contributed by atoms with Crippen LogP contribution in [0.2, 0.25) is 0 Å². The largest absolute Gasteiger partial charge is 0.390 e. The molecule has 1 saturated carbocycles. The fourth-order valence-corrected chi connectivity index (χ4v) is 1.94. The first-order chi connectivity index (χ1) is 7.25. The minimum absolute atomic E-state index is 0.402. The van der Waals surface area contributed by atoms with Crippen molar-refractivity contribution in [1.29, 1.82) is 0 Å². The maximum absolute atomic E-state index is 9.84. The SMILES string of the molecule is OC1(Cc2ccc3cnccc3c2)CC1. The number of aromatic nitrogens is 1. The molecule has 1 aromatic carbocycles. The Morgan fingerprint density at radius 3 is 2.87 bits per heavy atom. The van der Waals surface area contributed by atoms with Gasteiger partial charge in [0.2, 0.25) is 0 Å². The van der Waals surface area contributed by atoms with Gasteiger partial charge in [-0.3, -0.25) is 4.98 Å². The summed E-state index contributed by atoms with van der Waals surface area (Å²) in [7, 11) is 0. The predicted molar refractivity (Wildman–Crippen MR) is 59.6 cm³/mol. The molecule has 0 amide bonds. The van der Waals surface area contributed by atoms with E-state index in [-0.39, 0.29) is 0 Å². The number of aliphatic hydroxyl groups is 1. The van der Waals surface area contributed by atoms with Gasteiger partial charge in [0.05, 0.1) is 5.60 Å². The zero-order valence-electron chi connectivity index (χ0n) is 8.48. The summed E-state index contributed by atoms with van der Waals surface area (Å²) in [6.07, 6.45) is 6.34. The Morgan fingerprint density at radius 1 is 1.20 bits per heavy atom. The average molecular weight is 199 g/mol. The summed E-state index contributed by atoms with van der Waals surface area (Å²) < 4.78 is 0. The number of pyridine rings is 1. The van der Waals surface area contributed by atoms with Crippen molar-refractivity contribution in [1.82, 2.24) is 4.98 Å². The van der Waals surface area contributed by atoms with Crippen molar-refractivity contribution < 1.29 is 5.11 Å². The predicted octanol–water partition coefficient (Wildman–Crippen LogP) is 2.30. The smallest absolute Gasteiger partial charge is 0.0690 e. The summed E-state index contributed by atoms with van der Waals surface area (Å²) in [5.41, 5.74) is 0.814. The summed E-state index contributed by atoms with van der Waals surface area (Å²) in [4.78, 5) is 4.08. The molecular weight excluding hydrogens is 186 g/mol. The van der Waals surface area contributed by atoms with Gasteiger partial charge in [-0.2, -0.15) is 0 Å². The van der Waals surface area contributed by atoms with Crippen LogP contribution < -0.4 is 0 Å². The van der Waals surface area contributed by atoms with Gasteiger partial charge in [0.15, 0.2) is 0 Å². The first-order valence-electron chi connectivity index (χ1n) is 5.30. The maximum atomic E-state index is 9.84. The average Bonchev–Trinajstić information content (AvgIpc) is 2.96. The van der Waals surface area contributed by atoms with Gasteiger partial charge < -0.3 is 5.11 Å². The normalized spacial score (nSPS) is 17.9. The van der Waals surface area contributed by atoms with Crippen LogP contribution in [0.5, 0.6) is 0 Å². The van der Waals surface area contributed by atoms with Crippen LogP contribution in [0, 0.1) is 0 Å². The monoisotopic (exact) mass is 199 g/mol. The zero-order valence-corrected chi connectivity index (χ0v) is 8.48. The second-order valence-electron chi connectivity index (χ2n) is 4.46. The minimum Gasteiger partial charge on any atom is -0.390 e. The lowest BCUT2D eigenvalue weighted by atomic mass is 10.0. The first-order valence-corrected chi connectivity index (χ1v) is 5.30. The highest BCUT2D eigenvalue weighted by molar-refractivity contribution is 5.82. The number of hydrogen-bond acceptors (Lipinski definition) is 2. The van der Waals surface area contributed by atoms with Crippen LogP contribution in [-0.2, 0) is 6.42 Å². The number of rotatable bonds is 2. The molecule has 0 atom stereocenters. The Bertz CT molecular complexity index is 503. The molecule has 1 aliphatic carbocycles. The minimum atomic E-state index is -0.402. The summed E-state index contributed by atoms with van der Waals surface area (Å²) in [5, 5.41) is 12.2. The number of nitrogens with zero attached hydrogens (tertiary/aromatic N) is 1. The molecule has 0 bridgehead atoms. The van der Waals surface area contributed by atoms with E-state index in [2.05, 4.69) is 23.2 Å². The highest BCUT2D eigenvalue weighted by atomic mass is 16.3. The molecule has 0 radical (unpaired) electrons. The third-order valence-corrected chi connectivity index (χ3v) is 3.07. The van der Waals surface area contributed by atoms with Crippen LogP contribution in [-0.4, -0.2) is 15.7 Å². The van der Waals surface area contributed by atoms with E-state index in [1.54, 1.807) is 6.20 Å². The quantitative estimate of drug-likeness (QED) is 0.805. The van der Waals surface area contributed by atoms with Gasteiger partial charge in [0.25, 0.3) is 0 Å². The van der Waals surface area contributed by atoms with Gasteiger partial charge in [0, 0.05) is 24.2 Å². The fourth-order valence-electron chi connectivity index (χ4n) is 1.94. The van der Waals surface area contributed by atoms with E-state index >= 15 is 0 Å². The molecule has 3 rings (SSSR count). The molecule has 1 aliphatic rings. The van der Waals surface area contributed by atoms with Crippen molar-refractivity contribution in [2.24, 2.45) is 0 Å². The number of hydrogen-bond donors (Lipinski definition) is 1. The maximum Gasteiger partial charge on any atom is 0.0690 e. The zero-order chi connectivity index (χ0) is 10.3. The molecule has 0 spiro atoms. The van der Waals surface area contributed by atoms with E-state index in [1.165, 1.54) is 10.9 Å². The van der Waals surface area contributed by atoms with Gasteiger partial charge >= 0.3 is 0 Å². The van der Waals surface area contributed by atoms with Gasteiger partial charge in [-0.15, -0.1) is 0 Å². The molecular formula is C13H13NO. The van der Waals surface area contributed by atoms with E-state index < -0.39 is 5.60 Å². The van der Waals surface area contributed by atoms with Gasteiger partial charge in [-0.25, -0.2) is 0 Å². The molecule has 15 heavy (non-hydrogen) atoms. The molecule has 0 aliphatic heterocycles. The fraction of sp³-hybridized carbons (Fsp3) is 0.308. The van der Waals surface area contributed by atoms with E-state index in [9.17, 15) is 5.11 Å². The Balaban J connectivity index is 1.99. The second kappa shape index (κ2) is 3.04. The molecule has 2 heteroatoms. The van der Waals surface area contributed by atoms with Crippen molar-refractivity contribution in [2.75, 3.05) is 0 Å². The Labute approximate surface area is 88.6 Å². The standard InChI is InChI=1S/C13H13NO/c15-13(4-5-13)8-10-1-2-12-9-14-6-3-11(12)7-10/h1-3,6-7,9,15H,4-5,8H2. The summed E-state index contributed by atoms with van der Waals surface area (Å²) in [5.74, 6) is 0. The Hall–Kier alpha value is -1.41. The van der Waals surface area contributed by atoms with E-state index in [0.717, 1.165) is 24.6 Å².